The van der Waals surface area contributed by atoms with Crippen LogP contribution < -0.4 is 22.1 Å². The summed E-state index contributed by atoms with van der Waals surface area (Å²) in [5.74, 6) is 4.31. The van der Waals surface area contributed by atoms with Gasteiger partial charge >= 0.3 is 0 Å². The number of benzene rings is 2. The molecule has 0 aromatic heterocycles. The third-order valence-electron chi connectivity index (χ3n) is 4.71. The average molecular weight is 400 g/mol. The highest BCUT2D eigenvalue weighted by atomic mass is 35.5. The van der Waals surface area contributed by atoms with Crippen LogP contribution in [0.15, 0.2) is 35.3 Å². The van der Waals surface area contributed by atoms with E-state index in [1.165, 1.54) is 18.5 Å². The van der Waals surface area contributed by atoms with E-state index in [4.69, 9.17) is 27.8 Å². The first kappa shape index (κ1) is 18.6. The van der Waals surface area contributed by atoms with Gasteiger partial charge in [-0.05, 0) is 31.2 Å². The Morgan fingerprint density at radius 3 is 2.86 bits per heavy atom. The van der Waals surface area contributed by atoms with Crippen molar-refractivity contribution in [2.24, 2.45) is 16.1 Å². The fourth-order valence-electron chi connectivity index (χ4n) is 3.04. The van der Waals surface area contributed by atoms with Crippen molar-refractivity contribution in [1.82, 2.24) is 0 Å². The molecule has 1 atom stereocenters. The fraction of sp³-hybridized carbons (Fsp3) is 0.250. The van der Waals surface area contributed by atoms with Crippen LogP contribution in [-0.2, 0) is 10.5 Å². The second-order valence-electron chi connectivity index (χ2n) is 7.18. The van der Waals surface area contributed by atoms with Gasteiger partial charge in [0, 0.05) is 22.5 Å². The summed E-state index contributed by atoms with van der Waals surface area (Å²) in [5.41, 5.74) is 15.0. The Balaban J connectivity index is 1.70. The normalized spacial score (nSPS) is 21.6. The molecule has 1 saturated heterocycles. The lowest BCUT2D eigenvalue weighted by Gasteiger charge is -2.33. The molecule has 0 spiro atoms. The molecular weight excluding hydrogens is 381 g/mol. The van der Waals surface area contributed by atoms with E-state index >= 15 is 0 Å². The van der Waals surface area contributed by atoms with Gasteiger partial charge in [-0.1, -0.05) is 29.5 Å². The van der Waals surface area contributed by atoms with Gasteiger partial charge in [-0.15, -0.1) is 0 Å². The molecule has 6 nitrogen and oxygen atoms in total. The molecular formula is C20H19ClFN5O. The van der Waals surface area contributed by atoms with Gasteiger partial charge < -0.3 is 21.1 Å². The lowest BCUT2D eigenvalue weighted by Crippen LogP contribution is -2.45. The van der Waals surface area contributed by atoms with Gasteiger partial charge in [0.15, 0.2) is 5.82 Å². The van der Waals surface area contributed by atoms with Crippen molar-refractivity contribution in [2.45, 2.75) is 12.7 Å². The van der Waals surface area contributed by atoms with Gasteiger partial charge in [0.2, 0.25) is 5.79 Å². The lowest BCUT2D eigenvalue weighted by molar-refractivity contribution is -0.0648. The number of anilines is 3. The maximum absolute atomic E-state index is 14.3. The lowest BCUT2D eigenvalue weighted by atomic mass is 9.89. The van der Waals surface area contributed by atoms with Crippen LogP contribution in [0, 0.1) is 23.1 Å². The first-order valence-electron chi connectivity index (χ1n) is 8.66. The predicted molar refractivity (Wildman–Crippen MR) is 110 cm³/mol. The second kappa shape index (κ2) is 6.67. The minimum absolute atomic E-state index is 0.00894. The molecule has 2 heterocycles. The maximum atomic E-state index is 14.3. The van der Waals surface area contributed by atoms with Crippen LogP contribution in [0.3, 0.4) is 0 Å². The van der Waals surface area contributed by atoms with Crippen molar-refractivity contribution in [3.8, 4) is 11.8 Å². The topological polar surface area (TPSA) is 97.7 Å². The molecule has 0 saturated carbocycles. The molecule has 0 amide bonds. The molecule has 0 aliphatic carbocycles. The van der Waals surface area contributed by atoms with Crippen LogP contribution in [0.2, 0.25) is 5.02 Å². The number of halogens is 2. The van der Waals surface area contributed by atoms with Crippen molar-refractivity contribution in [2.75, 3.05) is 29.6 Å². The standard InChI is InChI=1S/C20H19ClFN5O/c1-19(9-28-10-19)6-5-12-7-17-13(8-15(12)23)20(24,26-11-25-17)27-16-4-2-3-14(21)18(16)22/h2-4,7-8,11,27H,9-10,23-24H2,1H3,(H,25,26). The van der Waals surface area contributed by atoms with E-state index in [9.17, 15) is 4.39 Å². The molecule has 0 radical (unpaired) electrons. The van der Waals surface area contributed by atoms with Gasteiger partial charge in [-0.25, -0.2) is 9.38 Å². The van der Waals surface area contributed by atoms with Crippen LogP contribution >= 0.6 is 11.6 Å². The first-order chi connectivity index (χ1) is 13.3. The number of rotatable bonds is 2. The first-order valence-corrected chi connectivity index (χ1v) is 9.04. The van der Waals surface area contributed by atoms with Crippen LogP contribution in [0.4, 0.5) is 21.5 Å². The van der Waals surface area contributed by atoms with E-state index in [2.05, 4.69) is 27.5 Å². The number of nitrogen functional groups attached to an aromatic ring is 1. The summed E-state index contributed by atoms with van der Waals surface area (Å²) in [6, 6.07) is 8.13. The molecule has 4 rings (SSSR count). The molecule has 2 aliphatic heterocycles. The van der Waals surface area contributed by atoms with Gasteiger partial charge in [0.05, 0.1) is 35.7 Å². The summed E-state index contributed by atoms with van der Waals surface area (Å²) in [7, 11) is 0. The smallest absolute Gasteiger partial charge is 0.213 e. The predicted octanol–water partition coefficient (Wildman–Crippen LogP) is 3.08. The zero-order chi connectivity index (χ0) is 19.9. The van der Waals surface area contributed by atoms with Gasteiger partial charge in [0.1, 0.15) is 0 Å². The third kappa shape index (κ3) is 3.27. The largest absolute Gasteiger partial charge is 0.398 e. The fourth-order valence-corrected chi connectivity index (χ4v) is 3.21. The van der Waals surface area contributed by atoms with Crippen molar-refractivity contribution < 1.29 is 9.13 Å². The molecule has 2 aromatic carbocycles. The monoisotopic (exact) mass is 399 g/mol. The van der Waals surface area contributed by atoms with Gasteiger partial charge in [-0.3, -0.25) is 5.73 Å². The Hall–Kier alpha value is -2.79. The summed E-state index contributed by atoms with van der Waals surface area (Å²) < 4.78 is 19.5. The van der Waals surface area contributed by atoms with E-state index in [1.54, 1.807) is 12.1 Å². The zero-order valence-electron chi connectivity index (χ0n) is 15.1. The van der Waals surface area contributed by atoms with E-state index in [0.717, 1.165) is 0 Å². The van der Waals surface area contributed by atoms with Crippen molar-refractivity contribution in [1.29, 1.82) is 0 Å². The summed E-state index contributed by atoms with van der Waals surface area (Å²) in [4.78, 5) is 4.26. The van der Waals surface area contributed by atoms with E-state index in [1.807, 2.05) is 13.0 Å². The number of nitrogens with zero attached hydrogens (tertiary/aromatic N) is 1. The number of ether oxygens (including phenoxy) is 1. The molecule has 28 heavy (non-hydrogen) atoms. The van der Waals surface area contributed by atoms with Crippen molar-refractivity contribution in [3.63, 3.8) is 0 Å². The van der Waals surface area contributed by atoms with Crippen LogP contribution in [0.5, 0.6) is 0 Å². The molecule has 2 aromatic rings. The number of hydrogen-bond acceptors (Lipinski definition) is 6. The van der Waals surface area contributed by atoms with E-state index in [0.29, 0.717) is 35.7 Å². The number of nitrogens with one attached hydrogen (secondary N) is 2. The SMILES string of the molecule is CC1(C#Cc2cc3c(cc2N)C(N)(Nc2cccc(Cl)c2F)N=CN3)COC1. The van der Waals surface area contributed by atoms with Crippen LogP contribution in [0.25, 0.3) is 0 Å². The van der Waals surface area contributed by atoms with Crippen molar-refractivity contribution in [3.05, 3.63) is 52.3 Å². The molecule has 0 bridgehead atoms. The summed E-state index contributed by atoms with van der Waals surface area (Å²) in [5, 5.41) is 5.95. The Kier molecular flexibility index (Phi) is 4.42. The second-order valence-corrected chi connectivity index (χ2v) is 7.59. The van der Waals surface area contributed by atoms with Gasteiger partial charge in [0.25, 0.3) is 0 Å². The Labute approximate surface area is 167 Å². The average Bonchev–Trinajstić information content (AvgIpc) is 2.63. The van der Waals surface area contributed by atoms with Crippen LogP contribution in [0.1, 0.15) is 18.1 Å². The minimum atomic E-state index is -1.42. The van der Waals surface area contributed by atoms with E-state index in [-0.39, 0.29) is 16.1 Å². The number of fused-ring (bicyclic) bond motifs is 1. The summed E-state index contributed by atoms with van der Waals surface area (Å²) >= 11 is 5.86. The zero-order valence-corrected chi connectivity index (χ0v) is 15.9. The highest BCUT2D eigenvalue weighted by Gasteiger charge is 2.34. The third-order valence-corrected chi connectivity index (χ3v) is 5.00. The molecule has 1 unspecified atom stereocenters. The van der Waals surface area contributed by atoms with Gasteiger partial charge in [-0.2, -0.15) is 0 Å². The minimum Gasteiger partial charge on any atom is -0.398 e. The van der Waals surface area contributed by atoms with Crippen LogP contribution in [-0.4, -0.2) is 19.6 Å². The Morgan fingerprint density at radius 1 is 1.36 bits per heavy atom. The molecule has 1 fully saturated rings. The molecule has 2 aliphatic rings. The Morgan fingerprint density at radius 2 is 2.14 bits per heavy atom. The number of hydrogen-bond donors (Lipinski definition) is 4. The van der Waals surface area contributed by atoms with Crippen molar-refractivity contribution >= 4 is 35.0 Å². The number of nitrogens with two attached hydrogens (primary N) is 2. The quantitative estimate of drug-likeness (QED) is 0.353. The molecule has 8 heteroatoms. The summed E-state index contributed by atoms with van der Waals surface area (Å²) in [6.07, 6.45) is 1.45. The molecule has 144 valence electrons. The maximum Gasteiger partial charge on any atom is 0.213 e. The summed E-state index contributed by atoms with van der Waals surface area (Å²) in [6.45, 7) is 3.25. The Bertz CT molecular complexity index is 1040. The highest BCUT2D eigenvalue weighted by Crippen LogP contribution is 2.36. The molecule has 6 N–H and O–H groups in total. The number of aliphatic imine (C=N–C) groups is 1. The highest BCUT2D eigenvalue weighted by molar-refractivity contribution is 6.31. The van der Waals surface area contributed by atoms with E-state index < -0.39 is 11.6 Å².